The van der Waals surface area contributed by atoms with Gasteiger partial charge >= 0.3 is 41.5 Å². The summed E-state index contributed by atoms with van der Waals surface area (Å²) in [7, 11) is 0. The van der Waals surface area contributed by atoms with Gasteiger partial charge in [-0.1, -0.05) is 60.7 Å². The van der Waals surface area contributed by atoms with Crippen LogP contribution in [0.5, 0.6) is 0 Å². The molecule has 1 atom stereocenters. The molecule has 8 nitrogen and oxygen atoms in total. The minimum absolute atomic E-state index is 0. The summed E-state index contributed by atoms with van der Waals surface area (Å²) < 4.78 is 10.4. The van der Waals surface area contributed by atoms with E-state index in [-0.39, 0.29) is 42.8 Å². The minimum atomic E-state index is -2.76. The van der Waals surface area contributed by atoms with E-state index in [9.17, 15) is 19.5 Å². The smallest absolute Gasteiger partial charge is 0.547 e. The summed E-state index contributed by atoms with van der Waals surface area (Å²) >= 11 is 0. The number of ether oxygens (including phenoxy) is 2. The first-order chi connectivity index (χ1) is 14.5. The molecule has 0 amide bonds. The molecular weight excluding hydrogens is 411 g/mol. The first-order valence-electron chi connectivity index (χ1n) is 9.64. The molecule has 0 aromatic heterocycles. The van der Waals surface area contributed by atoms with Gasteiger partial charge in [-0.2, -0.15) is 0 Å². The van der Waals surface area contributed by atoms with Crippen LogP contribution in [-0.4, -0.2) is 42.6 Å². The molecule has 2 aromatic rings. The van der Waals surface area contributed by atoms with E-state index in [1.165, 1.54) is 0 Å². The van der Waals surface area contributed by atoms with Gasteiger partial charge < -0.3 is 24.7 Å². The normalized spacial score (nSPS) is 15.5. The summed E-state index contributed by atoms with van der Waals surface area (Å²) in [6, 6.07) is 17.1. The van der Waals surface area contributed by atoms with Crippen molar-refractivity contribution in [3.63, 3.8) is 0 Å². The Balaban J connectivity index is 0.00000341. The molecule has 1 aliphatic heterocycles. The Bertz CT molecular complexity index is 817. The number of aliphatic carboxylic acids is 1. The number of nitrogens with one attached hydrogen (secondary N) is 2. The minimum Gasteiger partial charge on any atom is -0.547 e. The third kappa shape index (κ3) is 6.38. The zero-order chi connectivity index (χ0) is 21.4. The SMILES string of the molecule is O=C([O-])C(NC1CCNC1)(C(=O)OCc1ccccc1)C(=O)OCc1ccccc1.[Na+]. The predicted octanol–water partition coefficient (Wildman–Crippen LogP) is -3.08. The number of hydrogen-bond acceptors (Lipinski definition) is 8. The van der Waals surface area contributed by atoms with Gasteiger partial charge in [0, 0.05) is 12.6 Å². The maximum absolute atomic E-state index is 12.9. The summed E-state index contributed by atoms with van der Waals surface area (Å²) in [6.45, 7) is 0.641. The number of carbonyl (C=O) groups is 3. The molecule has 3 rings (SSSR count). The predicted molar refractivity (Wildman–Crippen MR) is 105 cm³/mol. The molecule has 0 aliphatic carbocycles. The first-order valence-corrected chi connectivity index (χ1v) is 9.64. The Hall–Kier alpha value is -2.23. The fourth-order valence-electron chi connectivity index (χ4n) is 3.17. The molecule has 158 valence electrons. The van der Waals surface area contributed by atoms with E-state index < -0.39 is 29.5 Å². The van der Waals surface area contributed by atoms with Crippen molar-refractivity contribution in [3.8, 4) is 0 Å². The standard InChI is InChI=1S/C22H24N2O6.Na/c25-19(26)22(24-18-11-12-23-13-18,20(27)29-14-16-7-3-1-4-8-16)21(28)30-15-17-9-5-2-6-10-17;/h1-10,18,23-24H,11-15H2,(H,25,26);/q;+1/p-1. The maximum atomic E-state index is 12.9. The van der Waals surface area contributed by atoms with E-state index in [2.05, 4.69) is 10.6 Å². The molecule has 1 saturated heterocycles. The van der Waals surface area contributed by atoms with E-state index in [1.807, 2.05) is 0 Å². The molecule has 0 radical (unpaired) electrons. The molecule has 1 fully saturated rings. The molecule has 0 saturated carbocycles. The molecule has 1 aliphatic rings. The van der Waals surface area contributed by atoms with Crippen LogP contribution in [0.4, 0.5) is 0 Å². The van der Waals surface area contributed by atoms with E-state index in [0.717, 1.165) is 0 Å². The Morgan fingerprint density at radius 3 is 1.81 bits per heavy atom. The van der Waals surface area contributed by atoms with Crippen molar-refractivity contribution >= 4 is 17.9 Å². The van der Waals surface area contributed by atoms with Crippen LogP contribution in [-0.2, 0) is 37.1 Å². The van der Waals surface area contributed by atoms with Crippen molar-refractivity contribution < 1.29 is 58.5 Å². The Labute approximate surface area is 202 Å². The van der Waals surface area contributed by atoms with Crippen LogP contribution in [0.3, 0.4) is 0 Å². The fourth-order valence-corrected chi connectivity index (χ4v) is 3.17. The molecule has 31 heavy (non-hydrogen) atoms. The van der Waals surface area contributed by atoms with Crippen LogP contribution in [0.2, 0.25) is 0 Å². The molecule has 0 bridgehead atoms. The molecule has 2 aromatic carbocycles. The van der Waals surface area contributed by atoms with Crippen molar-refractivity contribution in [1.82, 2.24) is 10.6 Å². The average Bonchev–Trinajstić information content (AvgIpc) is 3.28. The summed E-state index contributed by atoms with van der Waals surface area (Å²) in [4.78, 5) is 37.9. The number of carbonyl (C=O) groups excluding carboxylic acids is 3. The summed E-state index contributed by atoms with van der Waals surface area (Å²) in [5.41, 5.74) is -1.46. The topological polar surface area (TPSA) is 117 Å². The van der Waals surface area contributed by atoms with Crippen LogP contribution in [0.15, 0.2) is 60.7 Å². The van der Waals surface area contributed by atoms with Gasteiger partial charge in [0.15, 0.2) is 0 Å². The molecule has 0 spiro atoms. The van der Waals surface area contributed by atoms with Crippen molar-refractivity contribution in [2.75, 3.05) is 13.1 Å². The second-order valence-electron chi connectivity index (χ2n) is 6.99. The zero-order valence-electron chi connectivity index (χ0n) is 17.3. The second kappa shape index (κ2) is 12.0. The maximum Gasteiger partial charge on any atom is 1.00 e. The number of esters is 2. The first kappa shape index (κ1) is 25.0. The quantitative estimate of drug-likeness (QED) is 0.243. The Morgan fingerprint density at radius 2 is 1.42 bits per heavy atom. The van der Waals surface area contributed by atoms with Gasteiger partial charge in [-0.25, -0.2) is 9.59 Å². The summed E-state index contributed by atoms with van der Waals surface area (Å²) in [5, 5.41) is 17.8. The molecule has 2 N–H and O–H groups in total. The molecular formula is C22H23N2NaO6. The van der Waals surface area contributed by atoms with Crippen molar-refractivity contribution in [2.45, 2.75) is 31.2 Å². The van der Waals surface area contributed by atoms with Crippen molar-refractivity contribution in [2.24, 2.45) is 0 Å². The van der Waals surface area contributed by atoms with E-state index >= 15 is 0 Å². The molecule has 1 unspecified atom stereocenters. The van der Waals surface area contributed by atoms with Gasteiger partial charge in [0.05, 0.1) is 5.97 Å². The van der Waals surface area contributed by atoms with Gasteiger partial charge in [0.1, 0.15) is 13.2 Å². The van der Waals surface area contributed by atoms with Gasteiger partial charge in [0.25, 0.3) is 5.54 Å². The second-order valence-corrected chi connectivity index (χ2v) is 6.99. The molecule has 1 heterocycles. The number of carboxylic acids is 1. The van der Waals surface area contributed by atoms with E-state index in [0.29, 0.717) is 30.6 Å². The van der Waals surface area contributed by atoms with Crippen molar-refractivity contribution in [1.29, 1.82) is 0 Å². The van der Waals surface area contributed by atoms with E-state index in [4.69, 9.17) is 9.47 Å². The van der Waals surface area contributed by atoms with Crippen molar-refractivity contribution in [3.05, 3.63) is 71.8 Å². The van der Waals surface area contributed by atoms with Crippen LogP contribution in [0.25, 0.3) is 0 Å². The Kier molecular flexibility index (Phi) is 9.67. The number of hydrogen-bond donors (Lipinski definition) is 2. The summed E-state index contributed by atoms with van der Waals surface area (Å²) in [6.07, 6.45) is 0.535. The fraction of sp³-hybridized carbons (Fsp3) is 0.318. The number of benzene rings is 2. The van der Waals surface area contributed by atoms with Crippen LogP contribution in [0.1, 0.15) is 17.5 Å². The van der Waals surface area contributed by atoms with Gasteiger partial charge in [-0.3, -0.25) is 5.32 Å². The molecule has 9 heteroatoms. The van der Waals surface area contributed by atoms with Gasteiger partial charge in [-0.15, -0.1) is 0 Å². The monoisotopic (exact) mass is 434 g/mol. The summed E-state index contributed by atoms with van der Waals surface area (Å²) in [5.74, 6) is -4.45. The van der Waals surface area contributed by atoms with Crippen LogP contribution >= 0.6 is 0 Å². The van der Waals surface area contributed by atoms with Crippen LogP contribution in [0, 0.1) is 0 Å². The third-order valence-corrected chi connectivity index (χ3v) is 4.83. The number of rotatable bonds is 9. The third-order valence-electron chi connectivity index (χ3n) is 4.83. The van der Waals surface area contributed by atoms with Gasteiger partial charge in [0.2, 0.25) is 0 Å². The zero-order valence-corrected chi connectivity index (χ0v) is 19.3. The van der Waals surface area contributed by atoms with Gasteiger partial charge in [-0.05, 0) is 24.1 Å². The Morgan fingerprint density at radius 1 is 0.935 bits per heavy atom. The van der Waals surface area contributed by atoms with E-state index in [1.54, 1.807) is 60.7 Å². The largest absolute Gasteiger partial charge is 1.00 e. The van der Waals surface area contributed by atoms with Crippen LogP contribution < -0.4 is 45.3 Å². The number of carboxylic acid groups (broad SMARTS) is 1. The average molecular weight is 434 g/mol.